The third-order valence-corrected chi connectivity index (χ3v) is 3.60. The van der Waals surface area contributed by atoms with E-state index in [-0.39, 0.29) is 5.56 Å². The molecule has 0 bridgehead atoms. The highest BCUT2D eigenvalue weighted by molar-refractivity contribution is 5.86. The zero-order chi connectivity index (χ0) is 28.4. The molecule has 0 radical (unpaired) electrons. The second-order valence-electron chi connectivity index (χ2n) is 5.40. The lowest BCUT2D eigenvalue weighted by Gasteiger charge is -2.17. The van der Waals surface area contributed by atoms with Crippen molar-refractivity contribution in [3.63, 3.8) is 0 Å². The van der Waals surface area contributed by atoms with E-state index in [2.05, 4.69) is 5.32 Å². The lowest BCUT2D eigenvalue weighted by atomic mass is 9.99. The van der Waals surface area contributed by atoms with E-state index in [4.69, 9.17) is 15.1 Å². The Labute approximate surface area is 167 Å². The quantitative estimate of drug-likeness (QED) is 0.551. The van der Waals surface area contributed by atoms with Gasteiger partial charge in [0.15, 0.2) is 0 Å². The fourth-order valence-corrected chi connectivity index (χ4v) is 2.39. The molecule has 26 heavy (non-hydrogen) atoms. The Morgan fingerprint density at radius 1 is 1.15 bits per heavy atom. The summed E-state index contributed by atoms with van der Waals surface area (Å²) >= 11 is 0. The monoisotopic (exact) mass is 368 g/mol. The van der Waals surface area contributed by atoms with Crippen LogP contribution in [0.25, 0.3) is 10.8 Å². The zero-order valence-corrected chi connectivity index (χ0v) is 13.7. The molecule has 3 aromatic carbocycles. The average molecular weight is 368 g/mol. The van der Waals surface area contributed by atoms with Gasteiger partial charge in [0.05, 0.1) is 12.4 Å². The van der Waals surface area contributed by atoms with Crippen LogP contribution in [0.3, 0.4) is 0 Å². The van der Waals surface area contributed by atoms with E-state index >= 15 is 0 Å². The molecule has 0 saturated heterocycles. The molecular weight excluding hydrogens is 335 g/mol. The SMILES string of the molecule is [2H]c1c([2H])c(C(F)(F)F)c([2H])c(C([2H])([2H])C([2H])([2H])C([2H])([2H])N[C@]([2H])(C)c2cccc3ccccc23)c1[2H]. The highest BCUT2D eigenvalue weighted by atomic mass is 19.4. The van der Waals surface area contributed by atoms with Gasteiger partial charge in [-0.1, -0.05) is 60.6 Å². The third-order valence-electron chi connectivity index (χ3n) is 3.60. The summed E-state index contributed by atoms with van der Waals surface area (Å²) < 4.78 is 130. The second-order valence-corrected chi connectivity index (χ2v) is 5.40. The van der Waals surface area contributed by atoms with Gasteiger partial charge >= 0.3 is 6.18 Å². The summed E-state index contributed by atoms with van der Waals surface area (Å²) in [5.41, 5.74) is -3.34. The zero-order valence-electron chi connectivity index (χ0n) is 24.7. The molecule has 1 N–H and O–H groups in total. The summed E-state index contributed by atoms with van der Waals surface area (Å²) in [7, 11) is 0. The van der Waals surface area contributed by atoms with Crippen molar-refractivity contribution >= 4 is 10.8 Å². The summed E-state index contributed by atoms with van der Waals surface area (Å²) in [6.45, 7) is -2.26. The first-order valence-electron chi connectivity index (χ1n) is 13.1. The molecule has 3 aromatic rings. The van der Waals surface area contributed by atoms with Crippen LogP contribution in [0.5, 0.6) is 0 Å². The van der Waals surface area contributed by atoms with Crippen molar-refractivity contribution in [1.29, 1.82) is 0 Å². The number of hydrogen-bond acceptors (Lipinski definition) is 1. The molecule has 1 atom stereocenters. The van der Waals surface area contributed by atoms with Gasteiger partial charge in [-0.2, -0.15) is 13.2 Å². The van der Waals surface area contributed by atoms with Crippen LogP contribution >= 0.6 is 0 Å². The summed E-state index contributed by atoms with van der Waals surface area (Å²) in [6, 6.07) is 3.54. The minimum absolute atomic E-state index is 0.208. The molecule has 0 spiro atoms. The lowest BCUT2D eigenvalue weighted by Crippen LogP contribution is -2.20. The van der Waals surface area contributed by atoms with Gasteiger partial charge in [-0.15, -0.1) is 0 Å². The van der Waals surface area contributed by atoms with Gasteiger partial charge < -0.3 is 5.32 Å². The van der Waals surface area contributed by atoms with E-state index in [0.29, 0.717) is 10.8 Å². The molecule has 0 unspecified atom stereocenters. The maximum Gasteiger partial charge on any atom is 0.416 e. The normalized spacial score (nSPS) is 22.1. The standard InChI is InChI=1S/C22H22F3N/c1-16(20-13-5-10-18-9-2-3-12-21(18)20)26-14-6-8-17-7-4-11-19(15-17)22(23,24)25/h2-5,7,9-13,15-16,26H,6,8,14H2,1H3/t16-/m1/s1/i4D,6D2,7D,8D2,11D,14D2,15D,16D. The van der Waals surface area contributed by atoms with E-state index in [1.165, 1.54) is 13.0 Å². The Hall–Kier alpha value is -2.33. The molecule has 0 heterocycles. The largest absolute Gasteiger partial charge is 0.416 e. The van der Waals surface area contributed by atoms with Gasteiger partial charge in [-0.05, 0) is 54.1 Å². The molecule has 0 fully saturated rings. The fraction of sp³-hybridized carbons (Fsp3) is 0.273. The first kappa shape index (κ1) is 9.05. The lowest BCUT2D eigenvalue weighted by molar-refractivity contribution is -0.137. The molecule has 0 aromatic heterocycles. The molecule has 4 heteroatoms. The van der Waals surface area contributed by atoms with Gasteiger partial charge in [0.2, 0.25) is 0 Å². The Kier molecular flexibility index (Phi) is 2.75. The van der Waals surface area contributed by atoms with Crippen LogP contribution in [-0.2, 0) is 12.5 Å². The smallest absolute Gasteiger partial charge is 0.310 e. The molecule has 0 aliphatic rings. The third kappa shape index (κ3) is 4.44. The number of hydrogen-bond donors (Lipinski definition) is 1. The van der Waals surface area contributed by atoms with E-state index < -0.39 is 66.7 Å². The fourth-order valence-electron chi connectivity index (χ4n) is 2.39. The maximum atomic E-state index is 13.5. The molecule has 0 aliphatic carbocycles. The van der Waals surface area contributed by atoms with E-state index in [0.717, 1.165) is 0 Å². The Morgan fingerprint density at radius 2 is 1.92 bits per heavy atom. The van der Waals surface area contributed by atoms with Crippen molar-refractivity contribution in [3.8, 4) is 0 Å². The van der Waals surface area contributed by atoms with Crippen LogP contribution in [0.2, 0.25) is 0 Å². The number of rotatable bonds is 6. The van der Waals surface area contributed by atoms with Crippen LogP contribution in [0, 0.1) is 0 Å². The van der Waals surface area contributed by atoms with Crippen molar-refractivity contribution in [2.45, 2.75) is 31.9 Å². The highest BCUT2D eigenvalue weighted by Crippen LogP contribution is 2.29. The number of alkyl halides is 3. The predicted molar refractivity (Wildman–Crippen MR) is 100 cm³/mol. The van der Waals surface area contributed by atoms with Gasteiger partial charge in [0.25, 0.3) is 0 Å². The van der Waals surface area contributed by atoms with Crippen LogP contribution in [0.1, 0.15) is 51.1 Å². The van der Waals surface area contributed by atoms with Crippen LogP contribution in [0.15, 0.2) is 66.6 Å². The number of halogens is 3. The molecule has 0 aliphatic heterocycles. The van der Waals surface area contributed by atoms with Crippen molar-refractivity contribution in [2.75, 3.05) is 6.50 Å². The summed E-state index contributed by atoms with van der Waals surface area (Å²) in [5.74, 6) is 0. The summed E-state index contributed by atoms with van der Waals surface area (Å²) in [4.78, 5) is 0. The Morgan fingerprint density at radius 3 is 2.73 bits per heavy atom. The van der Waals surface area contributed by atoms with Gasteiger partial charge in [0, 0.05) is 14.2 Å². The molecule has 0 amide bonds. The minimum atomic E-state index is -5.39. The summed E-state index contributed by atoms with van der Waals surface area (Å²) in [6.07, 6.45) is -13.0. The maximum absolute atomic E-state index is 13.5. The highest BCUT2D eigenvalue weighted by Gasteiger charge is 2.30. The van der Waals surface area contributed by atoms with Gasteiger partial charge in [-0.25, -0.2) is 0 Å². The van der Waals surface area contributed by atoms with E-state index in [1.807, 2.05) is 0 Å². The van der Waals surface area contributed by atoms with Crippen LogP contribution in [0.4, 0.5) is 13.2 Å². The molecular formula is C22H22F3N. The van der Waals surface area contributed by atoms with E-state index in [9.17, 15) is 13.2 Å². The van der Waals surface area contributed by atoms with Crippen LogP contribution in [-0.4, -0.2) is 6.50 Å². The number of fused-ring (bicyclic) bond motifs is 1. The van der Waals surface area contributed by atoms with Crippen molar-refractivity contribution in [2.24, 2.45) is 0 Å². The predicted octanol–water partition coefficient (Wildman–Crippen LogP) is 6.14. The van der Waals surface area contributed by atoms with Crippen molar-refractivity contribution < 1.29 is 28.2 Å². The summed E-state index contributed by atoms with van der Waals surface area (Å²) in [5, 5.41) is 3.34. The first-order chi connectivity index (χ1) is 16.7. The molecule has 136 valence electrons. The van der Waals surface area contributed by atoms with Gasteiger partial charge in [0.1, 0.15) is 0 Å². The van der Waals surface area contributed by atoms with Crippen molar-refractivity contribution in [3.05, 3.63) is 83.3 Å². The Balaban J connectivity index is 2.16. The number of nitrogens with one attached hydrogen (secondary N) is 1. The Bertz CT molecular complexity index is 1350. The molecule has 1 nitrogen and oxygen atoms in total. The number of benzene rings is 3. The topological polar surface area (TPSA) is 12.0 Å². The molecule has 0 saturated carbocycles. The van der Waals surface area contributed by atoms with Gasteiger partial charge in [-0.3, -0.25) is 0 Å². The average Bonchev–Trinajstić information content (AvgIpc) is 2.75. The van der Waals surface area contributed by atoms with Crippen molar-refractivity contribution in [1.82, 2.24) is 5.32 Å². The minimum Gasteiger partial charge on any atom is -0.310 e. The first-order valence-corrected chi connectivity index (χ1v) is 7.64. The second kappa shape index (κ2) is 7.92. The molecule has 3 rings (SSSR count). The van der Waals surface area contributed by atoms with E-state index in [1.54, 1.807) is 36.4 Å². The van der Waals surface area contributed by atoms with Crippen LogP contribution < -0.4 is 5.32 Å².